The van der Waals surface area contributed by atoms with Crippen LogP contribution in [-0.4, -0.2) is 50.2 Å². The van der Waals surface area contributed by atoms with E-state index in [1.54, 1.807) is 21.3 Å². The lowest BCUT2D eigenvalue weighted by Gasteiger charge is -2.34. The number of nitrogens with zero attached hydrogens (tertiary/aromatic N) is 2. The summed E-state index contributed by atoms with van der Waals surface area (Å²) in [5.74, 6) is 0.777. The van der Waals surface area contributed by atoms with E-state index < -0.39 is 10.0 Å². The zero-order valence-electron chi connectivity index (χ0n) is 17.4. The van der Waals surface area contributed by atoms with Crippen LogP contribution in [0.1, 0.15) is 51.2 Å². The number of likely N-dealkylation sites (N-methyl/N-ethyl adjacent to an activating group) is 1. The Hall–Kier alpha value is -1.66. The first-order valence-electron chi connectivity index (χ1n) is 10.3. The van der Waals surface area contributed by atoms with Gasteiger partial charge in [-0.3, -0.25) is 4.79 Å². The van der Waals surface area contributed by atoms with E-state index in [4.69, 9.17) is 0 Å². The molecular formula is C22H32N2O3S. The van der Waals surface area contributed by atoms with Crippen molar-refractivity contribution in [3.63, 3.8) is 0 Å². The molecule has 2 atom stereocenters. The Kier molecular flexibility index (Phi) is 6.30. The lowest BCUT2D eigenvalue weighted by Crippen LogP contribution is -2.42. The number of hydrogen-bond donors (Lipinski definition) is 0. The Labute approximate surface area is 169 Å². The number of unbranched alkanes of at least 4 members (excludes halogenated alkanes) is 1. The van der Waals surface area contributed by atoms with Gasteiger partial charge in [0.1, 0.15) is 0 Å². The van der Waals surface area contributed by atoms with Crippen molar-refractivity contribution in [3.05, 3.63) is 34.9 Å². The number of amides is 1. The molecule has 1 aliphatic heterocycles. The maximum Gasteiger partial charge on any atom is 0.249 e. The standard InChI is InChI=1S/C22H32N2O3S/c1-5-6-9-23(4)22(25)20-11-18-7-8-21(13-19(18)12-20)28(26,27)24-14-16(2)10-17(3)15-24/h7-8,12-13,16-17H,5-6,9-11,14-15H2,1-4H3. The van der Waals surface area contributed by atoms with Gasteiger partial charge in [-0.1, -0.05) is 33.3 Å². The van der Waals surface area contributed by atoms with Crippen molar-refractivity contribution in [2.24, 2.45) is 11.8 Å². The number of carbonyl (C=O) groups excluding carboxylic acids is 1. The number of rotatable bonds is 6. The topological polar surface area (TPSA) is 57.7 Å². The summed E-state index contributed by atoms with van der Waals surface area (Å²) in [7, 11) is -1.68. The van der Waals surface area contributed by atoms with Crippen molar-refractivity contribution in [2.45, 2.75) is 51.3 Å². The molecule has 2 unspecified atom stereocenters. The molecule has 1 saturated heterocycles. The summed E-state index contributed by atoms with van der Waals surface area (Å²) < 4.78 is 27.9. The van der Waals surface area contributed by atoms with E-state index in [0.717, 1.165) is 42.5 Å². The molecule has 1 amide bonds. The summed E-state index contributed by atoms with van der Waals surface area (Å²) in [5, 5.41) is 0. The van der Waals surface area contributed by atoms with Crippen molar-refractivity contribution < 1.29 is 13.2 Å². The van der Waals surface area contributed by atoms with E-state index in [0.29, 0.717) is 36.2 Å². The molecule has 1 aromatic carbocycles. The van der Waals surface area contributed by atoms with Gasteiger partial charge in [-0.15, -0.1) is 0 Å². The van der Waals surface area contributed by atoms with Crippen LogP contribution in [0.3, 0.4) is 0 Å². The highest BCUT2D eigenvalue weighted by atomic mass is 32.2. The highest BCUT2D eigenvalue weighted by Gasteiger charge is 2.32. The highest BCUT2D eigenvalue weighted by Crippen LogP contribution is 2.31. The molecule has 1 aliphatic carbocycles. The van der Waals surface area contributed by atoms with E-state index in [1.165, 1.54) is 0 Å². The van der Waals surface area contributed by atoms with Gasteiger partial charge in [-0.25, -0.2) is 8.42 Å². The van der Waals surface area contributed by atoms with Gasteiger partial charge in [0, 0.05) is 38.7 Å². The van der Waals surface area contributed by atoms with Crippen molar-refractivity contribution in [3.8, 4) is 0 Å². The zero-order chi connectivity index (χ0) is 20.5. The van der Waals surface area contributed by atoms with Gasteiger partial charge in [0.2, 0.25) is 15.9 Å². The van der Waals surface area contributed by atoms with Gasteiger partial charge in [0.15, 0.2) is 0 Å². The summed E-state index contributed by atoms with van der Waals surface area (Å²) in [6.45, 7) is 8.22. The maximum absolute atomic E-state index is 13.2. The van der Waals surface area contributed by atoms with E-state index in [1.807, 2.05) is 19.2 Å². The number of benzene rings is 1. The van der Waals surface area contributed by atoms with E-state index in [9.17, 15) is 13.2 Å². The predicted molar refractivity (Wildman–Crippen MR) is 112 cm³/mol. The molecule has 0 N–H and O–H groups in total. The van der Waals surface area contributed by atoms with Crippen LogP contribution < -0.4 is 0 Å². The van der Waals surface area contributed by atoms with Crippen LogP contribution in [0.4, 0.5) is 0 Å². The molecule has 3 rings (SSSR count). The number of sulfonamides is 1. The fourth-order valence-corrected chi connectivity index (χ4v) is 6.02. The fourth-order valence-electron chi connectivity index (χ4n) is 4.30. The first-order valence-corrected chi connectivity index (χ1v) is 11.8. The number of hydrogen-bond acceptors (Lipinski definition) is 3. The Morgan fingerprint density at radius 2 is 1.89 bits per heavy atom. The van der Waals surface area contributed by atoms with Crippen LogP contribution >= 0.6 is 0 Å². The number of fused-ring (bicyclic) bond motifs is 1. The van der Waals surface area contributed by atoms with E-state index in [2.05, 4.69) is 20.8 Å². The largest absolute Gasteiger partial charge is 0.342 e. The molecule has 154 valence electrons. The summed E-state index contributed by atoms with van der Waals surface area (Å²) in [4.78, 5) is 14.7. The third-order valence-electron chi connectivity index (χ3n) is 5.77. The van der Waals surface area contributed by atoms with Crippen LogP contribution in [0, 0.1) is 11.8 Å². The average Bonchev–Trinajstić information content (AvgIpc) is 3.07. The minimum atomic E-state index is -3.51. The summed E-state index contributed by atoms with van der Waals surface area (Å²) >= 11 is 0. The van der Waals surface area contributed by atoms with Crippen molar-refractivity contribution in [1.29, 1.82) is 0 Å². The van der Waals surface area contributed by atoms with Crippen LogP contribution in [0.15, 0.2) is 28.7 Å². The normalized spacial score (nSPS) is 22.6. The molecule has 0 saturated carbocycles. The van der Waals surface area contributed by atoms with Gasteiger partial charge in [-0.2, -0.15) is 4.31 Å². The van der Waals surface area contributed by atoms with Gasteiger partial charge >= 0.3 is 0 Å². The minimum Gasteiger partial charge on any atom is -0.342 e. The second kappa shape index (κ2) is 8.37. The molecule has 0 bridgehead atoms. The maximum atomic E-state index is 13.2. The SMILES string of the molecule is CCCCN(C)C(=O)C1=Cc2cc(S(=O)(=O)N3CC(C)CC(C)C3)ccc2C1. The third-order valence-corrected chi connectivity index (χ3v) is 7.60. The molecule has 1 heterocycles. The minimum absolute atomic E-state index is 0.0349. The Morgan fingerprint density at radius 3 is 2.54 bits per heavy atom. The monoisotopic (exact) mass is 404 g/mol. The van der Waals surface area contributed by atoms with Gasteiger partial charge in [0.05, 0.1) is 4.90 Å². The van der Waals surface area contributed by atoms with Crippen LogP contribution in [0.2, 0.25) is 0 Å². The second-order valence-corrected chi connectivity index (χ2v) is 10.5. The first-order chi connectivity index (χ1) is 13.2. The molecular weight excluding hydrogens is 372 g/mol. The van der Waals surface area contributed by atoms with Crippen molar-refractivity contribution in [1.82, 2.24) is 9.21 Å². The molecule has 0 aromatic heterocycles. The molecule has 5 nitrogen and oxygen atoms in total. The molecule has 2 aliphatic rings. The third kappa shape index (κ3) is 4.33. The Morgan fingerprint density at radius 1 is 1.21 bits per heavy atom. The summed E-state index contributed by atoms with van der Waals surface area (Å²) in [6.07, 6.45) is 5.53. The second-order valence-electron chi connectivity index (χ2n) is 8.56. The van der Waals surface area contributed by atoms with Gasteiger partial charge in [0.25, 0.3) is 0 Å². The van der Waals surface area contributed by atoms with E-state index >= 15 is 0 Å². The van der Waals surface area contributed by atoms with Gasteiger partial charge in [-0.05, 0) is 54.0 Å². The molecule has 1 aromatic rings. The van der Waals surface area contributed by atoms with Crippen LogP contribution in [0.25, 0.3) is 6.08 Å². The number of piperidine rings is 1. The van der Waals surface area contributed by atoms with Crippen LogP contribution in [0.5, 0.6) is 0 Å². The molecule has 0 radical (unpaired) electrons. The smallest absolute Gasteiger partial charge is 0.249 e. The Bertz CT molecular complexity index is 866. The Balaban J connectivity index is 1.81. The first kappa shape index (κ1) is 21.1. The highest BCUT2D eigenvalue weighted by molar-refractivity contribution is 7.89. The zero-order valence-corrected chi connectivity index (χ0v) is 18.3. The van der Waals surface area contributed by atoms with Crippen molar-refractivity contribution in [2.75, 3.05) is 26.7 Å². The quantitative estimate of drug-likeness (QED) is 0.728. The lowest BCUT2D eigenvalue weighted by molar-refractivity contribution is -0.125. The lowest BCUT2D eigenvalue weighted by atomic mass is 9.94. The molecule has 0 spiro atoms. The predicted octanol–water partition coefficient (Wildman–Crippen LogP) is 3.55. The summed E-state index contributed by atoms with van der Waals surface area (Å²) in [6, 6.07) is 5.29. The molecule has 28 heavy (non-hydrogen) atoms. The molecule has 1 fully saturated rings. The fraction of sp³-hybridized carbons (Fsp3) is 0.591. The van der Waals surface area contributed by atoms with E-state index in [-0.39, 0.29) is 5.91 Å². The van der Waals surface area contributed by atoms with Gasteiger partial charge < -0.3 is 4.90 Å². The van der Waals surface area contributed by atoms with Crippen LogP contribution in [-0.2, 0) is 21.2 Å². The number of carbonyl (C=O) groups is 1. The summed E-state index contributed by atoms with van der Waals surface area (Å²) in [5.41, 5.74) is 2.61. The average molecular weight is 405 g/mol. The van der Waals surface area contributed by atoms with Crippen molar-refractivity contribution >= 4 is 22.0 Å². The molecule has 6 heteroatoms.